The molecule has 0 unspecified atom stereocenters. The molecule has 0 spiro atoms. The zero-order chi connectivity index (χ0) is 17.1. The Hall–Kier alpha value is -1.07. The van der Waals surface area contributed by atoms with Gasteiger partial charge in [-0.25, -0.2) is 8.42 Å². The van der Waals surface area contributed by atoms with Crippen molar-refractivity contribution in [2.24, 2.45) is 0 Å². The molecule has 2 rings (SSSR count). The van der Waals surface area contributed by atoms with Gasteiger partial charge in [0.1, 0.15) is 5.75 Å². The summed E-state index contributed by atoms with van der Waals surface area (Å²) in [5.41, 5.74) is 0.367. The van der Waals surface area contributed by atoms with Gasteiger partial charge in [-0.3, -0.25) is 4.79 Å². The highest BCUT2D eigenvalue weighted by Crippen LogP contribution is 2.25. The molecule has 23 heavy (non-hydrogen) atoms. The van der Waals surface area contributed by atoms with Gasteiger partial charge >= 0.3 is 0 Å². The Labute approximate surface area is 143 Å². The minimum atomic E-state index is -3.35. The number of sulfone groups is 1. The van der Waals surface area contributed by atoms with Crippen molar-refractivity contribution in [1.82, 2.24) is 5.32 Å². The third kappa shape index (κ3) is 5.21. The average molecular weight is 358 g/mol. The van der Waals surface area contributed by atoms with Crippen LogP contribution in [0.3, 0.4) is 0 Å². The lowest BCUT2D eigenvalue weighted by atomic mass is 9.95. The predicted molar refractivity (Wildman–Crippen MR) is 93.4 cm³/mol. The Bertz CT molecular complexity index is 664. The maximum atomic E-state index is 12.3. The van der Waals surface area contributed by atoms with E-state index in [-0.39, 0.29) is 5.25 Å². The summed E-state index contributed by atoms with van der Waals surface area (Å²) in [6.45, 7) is 3.74. The van der Waals surface area contributed by atoms with Gasteiger partial charge in [0.2, 0.25) is 5.91 Å². The average Bonchev–Trinajstić information content (AvgIpc) is 2.94. The van der Waals surface area contributed by atoms with Crippen LogP contribution in [0.25, 0.3) is 0 Å². The molecule has 1 fully saturated rings. The number of hydrogen-bond donors (Lipinski definition) is 1. The van der Waals surface area contributed by atoms with E-state index in [9.17, 15) is 13.2 Å². The first kappa shape index (κ1) is 18.3. The van der Waals surface area contributed by atoms with E-state index < -0.39 is 27.0 Å². The molecule has 128 valence electrons. The topological polar surface area (TPSA) is 63.2 Å². The molecule has 0 aromatic heterocycles. The van der Waals surface area contributed by atoms with Crippen LogP contribution in [0.5, 0.6) is 0 Å². The minimum Gasteiger partial charge on any atom is -0.350 e. The first-order chi connectivity index (χ1) is 10.7. The smallest absolute Gasteiger partial charge is 0.235 e. The molecule has 0 aliphatic heterocycles. The van der Waals surface area contributed by atoms with E-state index in [1.807, 2.05) is 32.0 Å². The third-order valence-electron chi connectivity index (χ3n) is 4.21. The standard InChI is InChI=1S/C17H24ClNO3S/c1-17(2,11-13-7-3-6-10-15(13)18)19-16(20)12-23(21,22)14-8-4-5-9-14/h3,6-7,10,14H,4-5,8-9,11-12H2,1-2H3,(H,19,20). The molecule has 4 nitrogen and oxygen atoms in total. The van der Waals surface area contributed by atoms with Gasteiger partial charge < -0.3 is 5.32 Å². The van der Waals surface area contributed by atoms with Crippen LogP contribution in [0.15, 0.2) is 24.3 Å². The van der Waals surface area contributed by atoms with Crippen molar-refractivity contribution in [3.8, 4) is 0 Å². The van der Waals surface area contributed by atoms with Crippen LogP contribution in [0.1, 0.15) is 45.1 Å². The Balaban J connectivity index is 1.97. The second kappa shape index (κ2) is 7.22. The molecule has 6 heteroatoms. The van der Waals surface area contributed by atoms with Gasteiger partial charge in [0.25, 0.3) is 0 Å². The van der Waals surface area contributed by atoms with E-state index in [0.717, 1.165) is 18.4 Å². The molecule has 1 aliphatic rings. The predicted octanol–water partition coefficient (Wildman–Crippen LogP) is 3.13. The van der Waals surface area contributed by atoms with Gasteiger partial charge in [-0.05, 0) is 44.7 Å². The van der Waals surface area contributed by atoms with E-state index in [2.05, 4.69) is 5.32 Å². The van der Waals surface area contributed by atoms with Crippen molar-refractivity contribution in [3.05, 3.63) is 34.9 Å². The van der Waals surface area contributed by atoms with Crippen molar-refractivity contribution in [1.29, 1.82) is 0 Å². The van der Waals surface area contributed by atoms with Crippen LogP contribution < -0.4 is 5.32 Å². The highest BCUT2D eigenvalue weighted by Gasteiger charge is 2.32. The lowest BCUT2D eigenvalue weighted by Crippen LogP contribution is -2.48. The van der Waals surface area contributed by atoms with Crippen LogP contribution in [0, 0.1) is 0 Å². The lowest BCUT2D eigenvalue weighted by Gasteiger charge is -2.27. The summed E-state index contributed by atoms with van der Waals surface area (Å²) in [7, 11) is -3.35. The largest absolute Gasteiger partial charge is 0.350 e. The van der Waals surface area contributed by atoms with Crippen LogP contribution in [-0.4, -0.2) is 30.9 Å². The number of benzene rings is 1. The molecule has 1 N–H and O–H groups in total. The number of halogens is 1. The fraction of sp³-hybridized carbons (Fsp3) is 0.588. The Morgan fingerprint density at radius 1 is 1.26 bits per heavy atom. The normalized spacial score (nSPS) is 16.5. The highest BCUT2D eigenvalue weighted by atomic mass is 35.5. The molecule has 1 saturated carbocycles. The number of carbonyl (C=O) groups excluding carboxylic acids is 1. The summed E-state index contributed by atoms with van der Waals surface area (Å²) in [5.74, 6) is -0.863. The van der Waals surface area contributed by atoms with E-state index >= 15 is 0 Å². The highest BCUT2D eigenvalue weighted by molar-refractivity contribution is 7.92. The zero-order valence-corrected chi connectivity index (χ0v) is 15.2. The molecular weight excluding hydrogens is 334 g/mol. The van der Waals surface area contributed by atoms with Crippen LogP contribution in [-0.2, 0) is 21.1 Å². The SMILES string of the molecule is CC(C)(Cc1ccccc1Cl)NC(=O)CS(=O)(=O)C1CCCC1. The van der Waals surface area contributed by atoms with Crippen molar-refractivity contribution < 1.29 is 13.2 Å². The molecular formula is C17H24ClNO3S. The lowest BCUT2D eigenvalue weighted by molar-refractivity contribution is -0.120. The number of rotatable bonds is 6. The van der Waals surface area contributed by atoms with Gasteiger partial charge in [-0.2, -0.15) is 0 Å². The van der Waals surface area contributed by atoms with Gasteiger partial charge in [0.15, 0.2) is 9.84 Å². The van der Waals surface area contributed by atoms with Crippen LogP contribution in [0.4, 0.5) is 0 Å². The fourth-order valence-corrected chi connectivity index (χ4v) is 5.05. The Kier molecular flexibility index (Phi) is 5.74. The van der Waals surface area contributed by atoms with E-state index in [1.165, 1.54) is 0 Å². The van der Waals surface area contributed by atoms with Crippen molar-refractivity contribution in [3.63, 3.8) is 0 Å². The summed E-state index contributed by atoms with van der Waals surface area (Å²) < 4.78 is 24.5. The van der Waals surface area contributed by atoms with Crippen molar-refractivity contribution in [2.45, 2.75) is 56.7 Å². The second-order valence-corrected chi connectivity index (χ2v) is 9.60. The Morgan fingerprint density at radius 2 is 1.87 bits per heavy atom. The van der Waals surface area contributed by atoms with Gasteiger partial charge in [-0.15, -0.1) is 0 Å². The number of nitrogens with one attached hydrogen (secondary N) is 1. The quantitative estimate of drug-likeness (QED) is 0.850. The summed E-state index contributed by atoms with van der Waals surface area (Å²) in [4.78, 5) is 12.2. The summed E-state index contributed by atoms with van der Waals surface area (Å²) in [6.07, 6.45) is 3.77. The van der Waals surface area contributed by atoms with E-state index in [1.54, 1.807) is 6.07 Å². The first-order valence-corrected chi connectivity index (χ1v) is 10.0. The molecule has 1 amide bonds. The Morgan fingerprint density at radius 3 is 2.48 bits per heavy atom. The van der Waals surface area contributed by atoms with Crippen molar-refractivity contribution in [2.75, 3.05) is 5.75 Å². The summed E-state index contributed by atoms with van der Waals surface area (Å²) in [6, 6.07) is 7.46. The monoisotopic (exact) mass is 357 g/mol. The van der Waals surface area contributed by atoms with E-state index in [0.29, 0.717) is 24.3 Å². The van der Waals surface area contributed by atoms with Crippen LogP contribution >= 0.6 is 11.6 Å². The maximum absolute atomic E-state index is 12.3. The molecule has 0 saturated heterocycles. The van der Waals surface area contributed by atoms with Gasteiger partial charge in [0.05, 0.1) is 5.25 Å². The molecule has 1 aromatic carbocycles. The van der Waals surface area contributed by atoms with Crippen LogP contribution in [0.2, 0.25) is 5.02 Å². The van der Waals surface area contributed by atoms with Gasteiger partial charge in [0, 0.05) is 10.6 Å². The molecule has 0 heterocycles. The third-order valence-corrected chi connectivity index (χ3v) is 6.73. The number of hydrogen-bond acceptors (Lipinski definition) is 3. The second-order valence-electron chi connectivity index (χ2n) is 6.91. The molecule has 0 bridgehead atoms. The summed E-state index contributed by atoms with van der Waals surface area (Å²) in [5, 5.41) is 3.13. The maximum Gasteiger partial charge on any atom is 0.235 e. The zero-order valence-electron chi connectivity index (χ0n) is 13.6. The minimum absolute atomic E-state index is 0.347. The molecule has 1 aliphatic carbocycles. The molecule has 0 atom stereocenters. The molecule has 0 radical (unpaired) electrons. The molecule has 1 aromatic rings. The van der Waals surface area contributed by atoms with Crippen molar-refractivity contribution >= 4 is 27.3 Å². The number of carbonyl (C=O) groups is 1. The van der Waals surface area contributed by atoms with E-state index in [4.69, 9.17) is 11.6 Å². The first-order valence-electron chi connectivity index (χ1n) is 7.96. The number of amides is 1. The fourth-order valence-electron chi connectivity index (χ4n) is 3.12. The summed E-state index contributed by atoms with van der Waals surface area (Å²) >= 11 is 6.15. The van der Waals surface area contributed by atoms with Gasteiger partial charge in [-0.1, -0.05) is 42.6 Å².